The van der Waals surface area contributed by atoms with Crippen molar-refractivity contribution in [3.8, 4) is 0 Å². The maximum atomic E-state index is 5.73. The number of fused-ring (bicyclic) bond motifs is 1. The molecule has 3 aromatic rings. The Kier molecular flexibility index (Phi) is 4.23. The van der Waals surface area contributed by atoms with Crippen LogP contribution < -0.4 is 11.3 Å². The SMILES string of the molecule is NNC(CCCc1ccccc1)c1cnn2ccncc12. The zero-order chi connectivity index (χ0) is 14.5. The van der Waals surface area contributed by atoms with E-state index in [0.717, 1.165) is 30.3 Å². The Morgan fingerprint density at radius 1 is 1.19 bits per heavy atom. The molecule has 3 N–H and O–H groups in total. The number of aromatic nitrogens is 3. The normalized spacial score (nSPS) is 12.6. The lowest BCUT2D eigenvalue weighted by molar-refractivity contribution is 0.501. The lowest BCUT2D eigenvalue weighted by Gasteiger charge is -2.14. The minimum absolute atomic E-state index is 0.0930. The second-order valence-corrected chi connectivity index (χ2v) is 5.10. The number of rotatable bonds is 6. The minimum atomic E-state index is 0.0930. The molecule has 1 atom stereocenters. The van der Waals surface area contributed by atoms with Gasteiger partial charge in [0.05, 0.1) is 17.9 Å². The third kappa shape index (κ3) is 3.09. The fourth-order valence-corrected chi connectivity index (χ4v) is 2.60. The van der Waals surface area contributed by atoms with Crippen LogP contribution in [0.3, 0.4) is 0 Å². The lowest BCUT2D eigenvalue weighted by atomic mass is 10.0. The van der Waals surface area contributed by atoms with Crippen LogP contribution in [0, 0.1) is 0 Å². The smallest absolute Gasteiger partial charge is 0.0893 e. The number of nitrogens with two attached hydrogens (primary N) is 1. The second-order valence-electron chi connectivity index (χ2n) is 5.10. The second kappa shape index (κ2) is 6.47. The molecule has 1 unspecified atom stereocenters. The average Bonchev–Trinajstić information content (AvgIpc) is 2.97. The van der Waals surface area contributed by atoms with E-state index in [1.807, 2.05) is 29.2 Å². The molecule has 21 heavy (non-hydrogen) atoms. The highest BCUT2D eigenvalue weighted by atomic mass is 15.3. The third-order valence-electron chi connectivity index (χ3n) is 3.73. The summed E-state index contributed by atoms with van der Waals surface area (Å²) in [7, 11) is 0. The van der Waals surface area contributed by atoms with Gasteiger partial charge in [-0.1, -0.05) is 30.3 Å². The highest BCUT2D eigenvalue weighted by molar-refractivity contribution is 5.53. The van der Waals surface area contributed by atoms with Crippen molar-refractivity contribution in [1.82, 2.24) is 20.0 Å². The van der Waals surface area contributed by atoms with Gasteiger partial charge in [0, 0.05) is 24.0 Å². The quantitative estimate of drug-likeness (QED) is 0.537. The lowest BCUT2D eigenvalue weighted by Crippen LogP contribution is -2.28. The molecule has 0 fully saturated rings. The van der Waals surface area contributed by atoms with Gasteiger partial charge in [0.25, 0.3) is 0 Å². The first-order chi connectivity index (χ1) is 10.4. The van der Waals surface area contributed by atoms with E-state index in [1.165, 1.54) is 5.56 Å². The van der Waals surface area contributed by atoms with Crippen LogP contribution in [-0.4, -0.2) is 14.6 Å². The van der Waals surface area contributed by atoms with Crippen molar-refractivity contribution in [2.24, 2.45) is 5.84 Å². The summed E-state index contributed by atoms with van der Waals surface area (Å²) >= 11 is 0. The molecular formula is C16H19N5. The van der Waals surface area contributed by atoms with Gasteiger partial charge >= 0.3 is 0 Å². The Balaban J connectivity index is 1.68. The third-order valence-corrected chi connectivity index (χ3v) is 3.73. The summed E-state index contributed by atoms with van der Waals surface area (Å²) in [5, 5.41) is 4.33. The molecule has 2 heterocycles. The van der Waals surface area contributed by atoms with Crippen LogP contribution in [0.2, 0.25) is 0 Å². The zero-order valence-electron chi connectivity index (χ0n) is 11.8. The number of hydrogen-bond acceptors (Lipinski definition) is 4. The number of aryl methyl sites for hydroxylation is 1. The maximum Gasteiger partial charge on any atom is 0.0893 e. The molecule has 0 aliphatic rings. The molecule has 0 saturated carbocycles. The summed E-state index contributed by atoms with van der Waals surface area (Å²) < 4.78 is 1.82. The molecule has 0 aliphatic heterocycles. The standard InChI is InChI=1S/C16H19N5/c17-20-15(8-4-7-13-5-2-1-3-6-13)14-11-19-21-10-9-18-12-16(14)21/h1-3,5-6,9-12,15,20H,4,7-8,17H2. The van der Waals surface area contributed by atoms with Crippen molar-refractivity contribution >= 4 is 5.52 Å². The number of benzene rings is 1. The summed E-state index contributed by atoms with van der Waals surface area (Å²) in [5.41, 5.74) is 6.35. The fraction of sp³-hybridized carbons (Fsp3) is 0.250. The van der Waals surface area contributed by atoms with Crippen LogP contribution in [0.5, 0.6) is 0 Å². The van der Waals surface area contributed by atoms with E-state index in [2.05, 4.69) is 39.8 Å². The Morgan fingerprint density at radius 3 is 2.86 bits per heavy atom. The van der Waals surface area contributed by atoms with Gasteiger partial charge in [-0.2, -0.15) is 5.10 Å². The Morgan fingerprint density at radius 2 is 2.05 bits per heavy atom. The molecule has 3 rings (SSSR count). The van der Waals surface area contributed by atoms with Gasteiger partial charge in [-0.3, -0.25) is 16.3 Å². The van der Waals surface area contributed by atoms with E-state index in [-0.39, 0.29) is 6.04 Å². The number of nitrogens with one attached hydrogen (secondary N) is 1. The van der Waals surface area contributed by atoms with Crippen molar-refractivity contribution < 1.29 is 0 Å². The molecular weight excluding hydrogens is 262 g/mol. The molecule has 1 aromatic carbocycles. The van der Waals surface area contributed by atoms with Crippen LogP contribution in [0.15, 0.2) is 55.1 Å². The molecule has 0 amide bonds. The van der Waals surface area contributed by atoms with Crippen molar-refractivity contribution in [3.63, 3.8) is 0 Å². The molecule has 108 valence electrons. The van der Waals surface area contributed by atoms with Gasteiger partial charge in [0.2, 0.25) is 0 Å². The Labute approximate surface area is 123 Å². The van der Waals surface area contributed by atoms with E-state index in [9.17, 15) is 0 Å². The fourth-order valence-electron chi connectivity index (χ4n) is 2.60. The van der Waals surface area contributed by atoms with Crippen molar-refractivity contribution in [1.29, 1.82) is 0 Å². The first-order valence-corrected chi connectivity index (χ1v) is 7.16. The van der Waals surface area contributed by atoms with Gasteiger partial charge in [-0.25, -0.2) is 4.52 Å². The highest BCUT2D eigenvalue weighted by Crippen LogP contribution is 2.22. The van der Waals surface area contributed by atoms with Gasteiger partial charge < -0.3 is 0 Å². The topological polar surface area (TPSA) is 68.2 Å². The summed E-state index contributed by atoms with van der Waals surface area (Å²) in [4.78, 5) is 4.16. The summed E-state index contributed by atoms with van der Waals surface area (Å²) in [6.45, 7) is 0. The molecule has 0 aliphatic carbocycles. The predicted octanol–water partition coefficient (Wildman–Crippen LogP) is 2.26. The van der Waals surface area contributed by atoms with E-state index < -0.39 is 0 Å². The Hall–Kier alpha value is -2.24. The molecule has 0 bridgehead atoms. The number of hydrazine groups is 1. The first kappa shape index (κ1) is 13.7. The number of hydrogen-bond donors (Lipinski definition) is 2. The van der Waals surface area contributed by atoms with Crippen molar-refractivity contribution in [3.05, 3.63) is 66.2 Å². The average molecular weight is 281 g/mol. The summed E-state index contributed by atoms with van der Waals surface area (Å²) in [6.07, 6.45) is 10.3. The van der Waals surface area contributed by atoms with E-state index >= 15 is 0 Å². The van der Waals surface area contributed by atoms with Crippen LogP contribution in [0.25, 0.3) is 5.52 Å². The molecule has 0 radical (unpaired) electrons. The summed E-state index contributed by atoms with van der Waals surface area (Å²) in [6, 6.07) is 10.6. The molecule has 2 aromatic heterocycles. The van der Waals surface area contributed by atoms with Crippen LogP contribution in [0.4, 0.5) is 0 Å². The monoisotopic (exact) mass is 281 g/mol. The summed E-state index contributed by atoms with van der Waals surface area (Å²) in [5.74, 6) is 5.73. The molecule has 0 spiro atoms. The van der Waals surface area contributed by atoms with Crippen molar-refractivity contribution in [2.45, 2.75) is 25.3 Å². The molecule has 5 heteroatoms. The van der Waals surface area contributed by atoms with Gasteiger partial charge in [-0.15, -0.1) is 0 Å². The van der Waals surface area contributed by atoms with Gasteiger partial charge in [-0.05, 0) is 24.8 Å². The van der Waals surface area contributed by atoms with Crippen LogP contribution >= 0.6 is 0 Å². The van der Waals surface area contributed by atoms with Gasteiger partial charge in [0.1, 0.15) is 0 Å². The first-order valence-electron chi connectivity index (χ1n) is 7.16. The van der Waals surface area contributed by atoms with Gasteiger partial charge in [0.15, 0.2) is 0 Å². The highest BCUT2D eigenvalue weighted by Gasteiger charge is 2.14. The van der Waals surface area contributed by atoms with Crippen molar-refractivity contribution in [2.75, 3.05) is 0 Å². The minimum Gasteiger partial charge on any atom is -0.271 e. The zero-order valence-corrected chi connectivity index (χ0v) is 11.8. The molecule has 5 nitrogen and oxygen atoms in total. The van der Waals surface area contributed by atoms with Crippen LogP contribution in [-0.2, 0) is 6.42 Å². The van der Waals surface area contributed by atoms with Crippen LogP contribution in [0.1, 0.15) is 30.0 Å². The maximum absolute atomic E-state index is 5.73. The molecule has 0 saturated heterocycles. The van der Waals surface area contributed by atoms with E-state index in [1.54, 1.807) is 6.20 Å². The van der Waals surface area contributed by atoms with E-state index in [4.69, 9.17) is 5.84 Å². The van der Waals surface area contributed by atoms with E-state index in [0.29, 0.717) is 0 Å². The Bertz CT molecular complexity index is 692. The predicted molar refractivity (Wildman–Crippen MR) is 82.4 cm³/mol. The largest absolute Gasteiger partial charge is 0.271 e. The number of nitrogens with zero attached hydrogens (tertiary/aromatic N) is 3.